The molecular weight excluding hydrogens is 216 g/mol. The Morgan fingerprint density at radius 1 is 1.56 bits per heavy atom. The van der Waals surface area contributed by atoms with Crippen LogP contribution >= 0.6 is 0 Å². The predicted octanol–water partition coefficient (Wildman–Crippen LogP) is 1.28. The van der Waals surface area contributed by atoms with Gasteiger partial charge in [0.1, 0.15) is 5.54 Å². The average Bonchev–Trinajstić information content (AvgIpc) is 2.17. The minimum atomic E-state index is -1.52. The molecule has 0 aromatic heterocycles. The van der Waals surface area contributed by atoms with Crippen LogP contribution in [0.2, 0.25) is 0 Å². The van der Waals surface area contributed by atoms with Gasteiger partial charge < -0.3 is 10.2 Å². The van der Waals surface area contributed by atoms with E-state index in [4.69, 9.17) is 15.7 Å². The molecule has 1 aliphatic rings. The highest BCUT2D eigenvalue weighted by atomic mass is 16.4. The van der Waals surface area contributed by atoms with Crippen molar-refractivity contribution >= 4 is 12.1 Å². The second kappa shape index (κ2) is 4.28. The van der Waals surface area contributed by atoms with Gasteiger partial charge in [-0.1, -0.05) is 5.11 Å². The number of nitrogens with zero attached hydrogens (tertiary/aromatic N) is 4. The number of likely N-dealkylation sites (tertiary alicyclic amines) is 1. The Bertz CT molecular complexity index is 365. The molecule has 1 saturated heterocycles. The molecule has 1 heterocycles. The van der Waals surface area contributed by atoms with E-state index in [-0.39, 0.29) is 13.0 Å². The van der Waals surface area contributed by atoms with Gasteiger partial charge in [-0.25, -0.2) is 9.59 Å². The zero-order valence-corrected chi connectivity index (χ0v) is 8.70. The molecule has 0 spiro atoms. The maximum Gasteiger partial charge on any atom is 0.408 e. The van der Waals surface area contributed by atoms with E-state index in [1.807, 2.05) is 0 Å². The van der Waals surface area contributed by atoms with Crippen molar-refractivity contribution in [2.45, 2.75) is 31.3 Å². The second-order valence-electron chi connectivity index (χ2n) is 3.86. The highest BCUT2D eigenvalue weighted by Crippen LogP contribution is 2.30. The maximum absolute atomic E-state index is 11.1. The number of azide groups is 1. The van der Waals surface area contributed by atoms with Crippen molar-refractivity contribution in [3.05, 3.63) is 10.4 Å². The fourth-order valence-corrected chi connectivity index (χ4v) is 1.88. The van der Waals surface area contributed by atoms with Gasteiger partial charge in [0.15, 0.2) is 0 Å². The van der Waals surface area contributed by atoms with Gasteiger partial charge in [0.2, 0.25) is 0 Å². The van der Waals surface area contributed by atoms with Crippen molar-refractivity contribution in [3.8, 4) is 0 Å². The fourth-order valence-electron chi connectivity index (χ4n) is 1.88. The lowest BCUT2D eigenvalue weighted by atomic mass is 9.86. The minimum Gasteiger partial charge on any atom is -0.480 e. The van der Waals surface area contributed by atoms with Crippen LogP contribution in [-0.2, 0) is 4.79 Å². The van der Waals surface area contributed by atoms with Crippen LogP contribution in [-0.4, -0.2) is 45.3 Å². The molecule has 0 radical (unpaired) electrons. The van der Waals surface area contributed by atoms with Gasteiger partial charge in [0.05, 0.1) is 0 Å². The normalized spacial score (nSPS) is 29.3. The first-order valence-corrected chi connectivity index (χ1v) is 4.70. The van der Waals surface area contributed by atoms with Crippen molar-refractivity contribution in [2.24, 2.45) is 5.11 Å². The zero-order valence-electron chi connectivity index (χ0n) is 8.70. The molecule has 2 N–H and O–H groups in total. The molecule has 0 saturated carbocycles. The molecule has 0 aliphatic carbocycles. The summed E-state index contributed by atoms with van der Waals surface area (Å²) >= 11 is 0. The molecular formula is C8H12N4O4. The van der Waals surface area contributed by atoms with E-state index in [9.17, 15) is 9.59 Å². The van der Waals surface area contributed by atoms with E-state index in [0.29, 0.717) is 6.42 Å². The van der Waals surface area contributed by atoms with E-state index >= 15 is 0 Å². The van der Waals surface area contributed by atoms with E-state index in [0.717, 1.165) is 4.90 Å². The number of hydrogen-bond acceptors (Lipinski definition) is 3. The summed E-state index contributed by atoms with van der Waals surface area (Å²) in [5.74, 6) is -1.23. The molecule has 1 fully saturated rings. The van der Waals surface area contributed by atoms with Crippen LogP contribution in [0.25, 0.3) is 10.4 Å². The van der Waals surface area contributed by atoms with Crippen molar-refractivity contribution in [2.75, 3.05) is 6.54 Å². The van der Waals surface area contributed by atoms with Crippen molar-refractivity contribution in [1.82, 2.24) is 4.90 Å². The van der Waals surface area contributed by atoms with Crippen LogP contribution in [0.3, 0.4) is 0 Å². The third-order valence-corrected chi connectivity index (χ3v) is 2.82. The Morgan fingerprint density at radius 2 is 2.19 bits per heavy atom. The summed E-state index contributed by atoms with van der Waals surface area (Å²) in [6, 6.07) is -0.471. The molecule has 88 valence electrons. The van der Waals surface area contributed by atoms with Crippen molar-refractivity contribution < 1.29 is 19.8 Å². The van der Waals surface area contributed by atoms with Gasteiger partial charge in [-0.15, -0.1) is 0 Å². The number of hydrogen-bond donors (Lipinski definition) is 2. The van der Waals surface area contributed by atoms with Gasteiger partial charge in [0.25, 0.3) is 0 Å². The smallest absolute Gasteiger partial charge is 0.408 e. The molecule has 8 heteroatoms. The van der Waals surface area contributed by atoms with E-state index < -0.39 is 23.6 Å². The fraction of sp³-hybridized carbons (Fsp3) is 0.750. The number of piperidine rings is 1. The van der Waals surface area contributed by atoms with Crippen LogP contribution in [0.15, 0.2) is 5.11 Å². The Kier molecular flexibility index (Phi) is 3.24. The standard InChI is InChI=1S/C8H12N4O4/c1-8(6(13)14)4-5(10-11-9)2-3-12(8)7(15)16/h5H,2-4H2,1H3,(H,13,14)(H,15,16). The molecule has 0 aromatic rings. The first-order valence-electron chi connectivity index (χ1n) is 4.70. The molecule has 0 aromatic carbocycles. The molecule has 1 rings (SSSR count). The van der Waals surface area contributed by atoms with E-state index in [1.54, 1.807) is 0 Å². The summed E-state index contributed by atoms with van der Waals surface area (Å²) in [5, 5.41) is 21.4. The zero-order chi connectivity index (χ0) is 12.3. The second-order valence-corrected chi connectivity index (χ2v) is 3.86. The molecule has 8 nitrogen and oxygen atoms in total. The summed E-state index contributed by atoms with van der Waals surface area (Å²) in [5.41, 5.74) is 6.76. The number of carboxylic acid groups (broad SMARTS) is 2. The maximum atomic E-state index is 11.1. The van der Waals surface area contributed by atoms with Crippen molar-refractivity contribution in [1.29, 1.82) is 0 Å². The Labute approximate surface area is 91.1 Å². The van der Waals surface area contributed by atoms with Gasteiger partial charge in [-0.2, -0.15) is 0 Å². The molecule has 2 unspecified atom stereocenters. The summed E-state index contributed by atoms with van der Waals surface area (Å²) in [7, 11) is 0. The first kappa shape index (κ1) is 12.1. The van der Waals surface area contributed by atoms with Crippen LogP contribution in [0, 0.1) is 0 Å². The Hall–Kier alpha value is -1.95. The van der Waals surface area contributed by atoms with Gasteiger partial charge in [-0.3, -0.25) is 4.90 Å². The van der Waals surface area contributed by atoms with Gasteiger partial charge >= 0.3 is 12.1 Å². The lowest BCUT2D eigenvalue weighted by Gasteiger charge is -2.41. The largest absolute Gasteiger partial charge is 0.480 e. The van der Waals surface area contributed by atoms with Crippen LogP contribution in [0.5, 0.6) is 0 Å². The van der Waals surface area contributed by atoms with Gasteiger partial charge in [0, 0.05) is 17.5 Å². The quantitative estimate of drug-likeness (QED) is 0.419. The highest BCUT2D eigenvalue weighted by molar-refractivity contribution is 5.83. The third kappa shape index (κ3) is 2.01. The summed E-state index contributed by atoms with van der Waals surface area (Å²) in [4.78, 5) is 25.5. The van der Waals surface area contributed by atoms with E-state index in [1.165, 1.54) is 6.92 Å². The predicted molar refractivity (Wildman–Crippen MR) is 52.9 cm³/mol. The highest BCUT2D eigenvalue weighted by Gasteiger charge is 2.47. The summed E-state index contributed by atoms with van der Waals surface area (Å²) in [6.07, 6.45) is -0.929. The lowest BCUT2D eigenvalue weighted by molar-refractivity contribution is -0.151. The Balaban J connectivity index is 2.98. The number of carboxylic acids is 1. The molecule has 0 bridgehead atoms. The number of aliphatic carboxylic acids is 1. The third-order valence-electron chi connectivity index (χ3n) is 2.82. The SMILES string of the molecule is CC1(C(=O)O)CC(N=[N+]=[N-])CCN1C(=O)O. The molecule has 16 heavy (non-hydrogen) atoms. The molecule has 1 amide bonds. The van der Waals surface area contributed by atoms with Gasteiger partial charge in [-0.05, 0) is 25.3 Å². The monoisotopic (exact) mass is 228 g/mol. The summed E-state index contributed by atoms with van der Waals surface area (Å²) < 4.78 is 0. The van der Waals surface area contributed by atoms with Crippen LogP contribution in [0.4, 0.5) is 4.79 Å². The number of rotatable bonds is 2. The minimum absolute atomic E-state index is 0.00130. The van der Waals surface area contributed by atoms with Crippen molar-refractivity contribution in [3.63, 3.8) is 0 Å². The average molecular weight is 228 g/mol. The lowest BCUT2D eigenvalue weighted by Crippen LogP contribution is -2.59. The van der Waals surface area contributed by atoms with Crippen LogP contribution in [0.1, 0.15) is 19.8 Å². The number of carbonyl (C=O) groups is 2. The van der Waals surface area contributed by atoms with E-state index in [2.05, 4.69) is 10.0 Å². The topological polar surface area (TPSA) is 127 Å². The summed E-state index contributed by atoms with van der Waals surface area (Å²) in [6.45, 7) is 1.38. The Morgan fingerprint density at radius 3 is 2.62 bits per heavy atom. The molecule has 2 atom stereocenters. The first-order chi connectivity index (χ1) is 7.41. The number of amides is 1. The molecule has 1 aliphatic heterocycles. The van der Waals surface area contributed by atoms with Crippen LogP contribution < -0.4 is 0 Å².